The zero-order valence-corrected chi connectivity index (χ0v) is 15.1. The second kappa shape index (κ2) is 8.33. The zero-order valence-electron chi connectivity index (χ0n) is 15.1. The van der Waals surface area contributed by atoms with Gasteiger partial charge in [0.2, 0.25) is 11.8 Å². The van der Waals surface area contributed by atoms with Crippen LogP contribution in [0.5, 0.6) is 5.75 Å². The molecule has 2 amide bonds. The van der Waals surface area contributed by atoms with Crippen molar-refractivity contribution in [3.63, 3.8) is 0 Å². The van der Waals surface area contributed by atoms with Crippen LogP contribution in [0.4, 0.5) is 11.4 Å². The van der Waals surface area contributed by atoms with Crippen molar-refractivity contribution in [1.29, 1.82) is 0 Å². The lowest BCUT2D eigenvalue weighted by Gasteiger charge is -2.22. The maximum atomic E-state index is 12.3. The van der Waals surface area contributed by atoms with E-state index in [2.05, 4.69) is 5.32 Å². The molecule has 2 aromatic carbocycles. The molecule has 0 aromatic heterocycles. The SMILES string of the molecule is COc1ccccc1NC(=O)CCN(C(C)=O)c1ccc(C)c(C)c1. The molecule has 0 radical (unpaired) electrons. The van der Waals surface area contributed by atoms with Crippen LogP contribution in [0.3, 0.4) is 0 Å². The molecule has 132 valence electrons. The number of rotatable bonds is 6. The van der Waals surface area contributed by atoms with Crippen LogP contribution in [0.25, 0.3) is 0 Å². The quantitative estimate of drug-likeness (QED) is 0.872. The van der Waals surface area contributed by atoms with Crippen LogP contribution >= 0.6 is 0 Å². The summed E-state index contributed by atoms with van der Waals surface area (Å²) in [7, 11) is 1.56. The summed E-state index contributed by atoms with van der Waals surface area (Å²) < 4.78 is 5.22. The number of nitrogens with zero attached hydrogens (tertiary/aromatic N) is 1. The van der Waals surface area contributed by atoms with E-state index in [1.807, 2.05) is 44.2 Å². The van der Waals surface area contributed by atoms with E-state index in [0.29, 0.717) is 18.0 Å². The monoisotopic (exact) mass is 340 g/mol. The summed E-state index contributed by atoms with van der Waals surface area (Å²) >= 11 is 0. The second-order valence-electron chi connectivity index (χ2n) is 5.94. The minimum Gasteiger partial charge on any atom is -0.495 e. The van der Waals surface area contributed by atoms with Crippen molar-refractivity contribution >= 4 is 23.2 Å². The van der Waals surface area contributed by atoms with Crippen LogP contribution in [0, 0.1) is 13.8 Å². The Labute approximate surface area is 148 Å². The normalized spacial score (nSPS) is 10.2. The fourth-order valence-corrected chi connectivity index (χ4v) is 2.54. The number of carbonyl (C=O) groups is 2. The number of para-hydroxylation sites is 2. The Bertz CT molecular complexity index is 771. The van der Waals surface area contributed by atoms with Gasteiger partial charge in [-0.15, -0.1) is 0 Å². The van der Waals surface area contributed by atoms with E-state index in [4.69, 9.17) is 4.74 Å². The summed E-state index contributed by atoms with van der Waals surface area (Å²) in [6.07, 6.45) is 0.199. The number of benzene rings is 2. The van der Waals surface area contributed by atoms with E-state index in [-0.39, 0.29) is 18.2 Å². The van der Waals surface area contributed by atoms with Gasteiger partial charge in [-0.25, -0.2) is 0 Å². The van der Waals surface area contributed by atoms with Crippen LogP contribution in [0.15, 0.2) is 42.5 Å². The lowest BCUT2D eigenvalue weighted by Crippen LogP contribution is -2.32. The molecular weight excluding hydrogens is 316 g/mol. The summed E-state index contributed by atoms with van der Waals surface area (Å²) in [5, 5.41) is 2.83. The van der Waals surface area contributed by atoms with Crippen molar-refractivity contribution in [2.45, 2.75) is 27.2 Å². The molecule has 0 saturated heterocycles. The van der Waals surface area contributed by atoms with Crippen LogP contribution < -0.4 is 15.0 Å². The third kappa shape index (κ3) is 4.83. The van der Waals surface area contributed by atoms with Crippen LogP contribution in [0.2, 0.25) is 0 Å². The van der Waals surface area contributed by atoms with Crippen molar-refractivity contribution < 1.29 is 14.3 Å². The molecule has 5 nitrogen and oxygen atoms in total. The van der Waals surface area contributed by atoms with Gasteiger partial charge >= 0.3 is 0 Å². The summed E-state index contributed by atoms with van der Waals surface area (Å²) in [6, 6.07) is 13.1. The fourth-order valence-electron chi connectivity index (χ4n) is 2.54. The van der Waals surface area contributed by atoms with E-state index in [0.717, 1.165) is 11.3 Å². The van der Waals surface area contributed by atoms with Gasteiger partial charge in [-0.3, -0.25) is 9.59 Å². The van der Waals surface area contributed by atoms with Crippen molar-refractivity contribution in [2.75, 3.05) is 23.9 Å². The Morgan fingerprint density at radius 2 is 1.80 bits per heavy atom. The minimum absolute atomic E-state index is 0.0895. The maximum Gasteiger partial charge on any atom is 0.226 e. The Balaban J connectivity index is 2.04. The first-order valence-corrected chi connectivity index (χ1v) is 8.20. The molecule has 0 atom stereocenters. The van der Waals surface area contributed by atoms with Gasteiger partial charge in [0.1, 0.15) is 5.75 Å². The molecule has 2 aromatic rings. The largest absolute Gasteiger partial charge is 0.495 e. The van der Waals surface area contributed by atoms with E-state index in [1.54, 1.807) is 24.1 Å². The number of methoxy groups -OCH3 is 1. The predicted molar refractivity (Wildman–Crippen MR) is 100 cm³/mol. The topological polar surface area (TPSA) is 58.6 Å². The van der Waals surface area contributed by atoms with E-state index >= 15 is 0 Å². The van der Waals surface area contributed by atoms with E-state index < -0.39 is 0 Å². The third-order valence-electron chi connectivity index (χ3n) is 4.13. The van der Waals surface area contributed by atoms with Crippen molar-refractivity contribution in [2.24, 2.45) is 0 Å². The lowest BCUT2D eigenvalue weighted by molar-refractivity contribution is -0.117. The first-order chi connectivity index (χ1) is 11.9. The summed E-state index contributed by atoms with van der Waals surface area (Å²) in [6.45, 7) is 5.86. The van der Waals surface area contributed by atoms with Gasteiger partial charge < -0.3 is 15.0 Å². The van der Waals surface area contributed by atoms with Gasteiger partial charge in [-0.1, -0.05) is 18.2 Å². The van der Waals surface area contributed by atoms with Crippen molar-refractivity contribution in [3.8, 4) is 5.75 Å². The highest BCUT2D eigenvalue weighted by Crippen LogP contribution is 2.23. The number of amides is 2. The molecule has 0 aliphatic heterocycles. The second-order valence-corrected chi connectivity index (χ2v) is 5.94. The van der Waals surface area contributed by atoms with Gasteiger partial charge in [0.25, 0.3) is 0 Å². The van der Waals surface area contributed by atoms with E-state index in [9.17, 15) is 9.59 Å². The molecule has 0 aliphatic rings. The number of hydrogen-bond donors (Lipinski definition) is 1. The molecule has 0 saturated carbocycles. The zero-order chi connectivity index (χ0) is 18.4. The van der Waals surface area contributed by atoms with Crippen LogP contribution in [0.1, 0.15) is 24.5 Å². The first kappa shape index (κ1) is 18.5. The highest BCUT2D eigenvalue weighted by Gasteiger charge is 2.15. The lowest BCUT2D eigenvalue weighted by atomic mass is 10.1. The molecule has 25 heavy (non-hydrogen) atoms. The Morgan fingerprint density at radius 1 is 1.08 bits per heavy atom. The van der Waals surface area contributed by atoms with Gasteiger partial charge in [-0.05, 0) is 49.2 Å². The molecule has 1 N–H and O–H groups in total. The van der Waals surface area contributed by atoms with Crippen LogP contribution in [-0.4, -0.2) is 25.5 Å². The molecular formula is C20H24N2O3. The average molecular weight is 340 g/mol. The number of anilines is 2. The van der Waals surface area contributed by atoms with Gasteiger partial charge in [-0.2, -0.15) is 0 Å². The number of aryl methyl sites for hydroxylation is 2. The number of nitrogens with one attached hydrogen (secondary N) is 1. The Kier molecular flexibility index (Phi) is 6.17. The Hall–Kier alpha value is -2.82. The van der Waals surface area contributed by atoms with Crippen molar-refractivity contribution in [3.05, 3.63) is 53.6 Å². The van der Waals surface area contributed by atoms with Gasteiger partial charge in [0, 0.05) is 25.6 Å². The molecule has 0 fully saturated rings. The summed E-state index contributed by atoms with van der Waals surface area (Å²) in [5.41, 5.74) is 3.71. The van der Waals surface area contributed by atoms with Gasteiger partial charge in [0.15, 0.2) is 0 Å². The van der Waals surface area contributed by atoms with Crippen molar-refractivity contribution in [1.82, 2.24) is 0 Å². The maximum absolute atomic E-state index is 12.3. The molecule has 0 unspecified atom stereocenters. The molecule has 5 heteroatoms. The fraction of sp³-hybridized carbons (Fsp3) is 0.300. The van der Waals surface area contributed by atoms with Crippen LogP contribution in [-0.2, 0) is 9.59 Å². The number of hydrogen-bond acceptors (Lipinski definition) is 3. The summed E-state index contributed by atoms with van der Waals surface area (Å²) in [4.78, 5) is 25.9. The molecule has 0 bridgehead atoms. The van der Waals surface area contributed by atoms with E-state index in [1.165, 1.54) is 12.5 Å². The number of carbonyl (C=O) groups excluding carboxylic acids is 2. The Morgan fingerprint density at radius 3 is 2.44 bits per heavy atom. The smallest absolute Gasteiger partial charge is 0.226 e. The first-order valence-electron chi connectivity index (χ1n) is 8.20. The third-order valence-corrected chi connectivity index (χ3v) is 4.13. The standard InChI is InChI=1S/C20H24N2O3/c1-14-9-10-17(13-15(14)2)22(16(3)23)12-11-20(24)21-18-7-5-6-8-19(18)25-4/h5-10,13H,11-12H2,1-4H3,(H,21,24). The molecule has 0 aliphatic carbocycles. The predicted octanol–water partition coefficient (Wildman–Crippen LogP) is 3.69. The molecule has 2 rings (SSSR count). The minimum atomic E-state index is -0.167. The molecule has 0 heterocycles. The van der Waals surface area contributed by atoms with Gasteiger partial charge in [0.05, 0.1) is 12.8 Å². The molecule has 0 spiro atoms. The average Bonchev–Trinajstić information content (AvgIpc) is 2.58. The number of ether oxygens (including phenoxy) is 1. The highest BCUT2D eigenvalue weighted by molar-refractivity contribution is 5.95. The summed E-state index contributed by atoms with van der Waals surface area (Å²) in [5.74, 6) is 0.348. The highest BCUT2D eigenvalue weighted by atomic mass is 16.5.